The van der Waals surface area contributed by atoms with Crippen molar-refractivity contribution >= 4 is 39.1 Å². The summed E-state index contributed by atoms with van der Waals surface area (Å²) in [7, 11) is 0. The van der Waals surface area contributed by atoms with Crippen LogP contribution in [0.4, 0.5) is 17.6 Å². The van der Waals surface area contributed by atoms with Gasteiger partial charge in [0.25, 0.3) is 0 Å². The maximum atomic E-state index is 9.66. The quantitative estimate of drug-likeness (QED) is 0.540. The summed E-state index contributed by atoms with van der Waals surface area (Å²) in [5, 5.41) is 15.0. The van der Waals surface area contributed by atoms with Crippen LogP contribution in [-0.2, 0) is 0 Å². The van der Waals surface area contributed by atoms with Crippen molar-refractivity contribution in [2.24, 2.45) is 0 Å². The molecule has 0 bridgehead atoms. The second-order valence-corrected chi connectivity index (χ2v) is 7.72. The fourth-order valence-electron chi connectivity index (χ4n) is 3.60. The molecule has 1 saturated heterocycles. The third-order valence-electron chi connectivity index (χ3n) is 5.02. The summed E-state index contributed by atoms with van der Waals surface area (Å²) in [5.41, 5.74) is 1.96. The van der Waals surface area contributed by atoms with Crippen LogP contribution in [0.2, 0.25) is 0 Å². The number of anilines is 3. The minimum atomic E-state index is 0.0845. The van der Waals surface area contributed by atoms with E-state index < -0.39 is 0 Å². The van der Waals surface area contributed by atoms with Crippen molar-refractivity contribution in [3.05, 3.63) is 54.3 Å². The molecule has 4 heterocycles. The molecule has 3 aromatic heterocycles. The number of nitrogens with zero attached hydrogens (tertiary/aromatic N) is 5. The lowest BCUT2D eigenvalue weighted by Gasteiger charge is -2.23. The third-order valence-corrected chi connectivity index (χ3v) is 5.93. The molecule has 4 aromatic rings. The highest BCUT2D eigenvalue weighted by molar-refractivity contribution is 7.17. The maximum absolute atomic E-state index is 9.66. The normalized spacial score (nSPS) is 16.8. The predicted molar refractivity (Wildman–Crippen MR) is 112 cm³/mol. The van der Waals surface area contributed by atoms with Gasteiger partial charge in [0, 0.05) is 12.2 Å². The summed E-state index contributed by atoms with van der Waals surface area (Å²) in [6.07, 6.45) is 5.74. The van der Waals surface area contributed by atoms with Crippen LogP contribution in [0.15, 0.2) is 54.3 Å². The number of thiophene rings is 1. The van der Waals surface area contributed by atoms with E-state index in [1.165, 1.54) is 0 Å². The van der Waals surface area contributed by atoms with E-state index in [9.17, 15) is 5.11 Å². The maximum Gasteiger partial charge on any atom is 0.228 e. The number of aromatic nitrogens is 4. The summed E-state index contributed by atoms with van der Waals surface area (Å²) in [6.45, 7) is 0.984. The number of hydrogen-bond acceptors (Lipinski definition) is 7. The number of fused-ring (bicyclic) bond motifs is 1. The zero-order chi connectivity index (χ0) is 18.9. The van der Waals surface area contributed by atoms with Crippen LogP contribution in [0.25, 0.3) is 15.9 Å². The Hall–Kier alpha value is -2.97. The molecule has 2 N–H and O–H groups in total. The molecule has 0 aliphatic carbocycles. The zero-order valence-corrected chi connectivity index (χ0v) is 16.0. The molecule has 28 heavy (non-hydrogen) atoms. The highest BCUT2D eigenvalue weighted by atomic mass is 32.1. The summed E-state index contributed by atoms with van der Waals surface area (Å²) in [6, 6.07) is 12.2. The average Bonchev–Trinajstić information content (AvgIpc) is 3.48. The molecule has 0 spiro atoms. The third kappa shape index (κ3) is 3.10. The van der Waals surface area contributed by atoms with Gasteiger partial charge in [0.05, 0.1) is 29.1 Å². The van der Waals surface area contributed by atoms with Gasteiger partial charge in [0.1, 0.15) is 12.1 Å². The molecule has 0 saturated carbocycles. The van der Waals surface area contributed by atoms with E-state index in [1.807, 2.05) is 52.5 Å². The van der Waals surface area contributed by atoms with Crippen molar-refractivity contribution in [3.63, 3.8) is 0 Å². The Bertz CT molecular complexity index is 1090. The molecule has 1 fully saturated rings. The van der Waals surface area contributed by atoms with Crippen molar-refractivity contribution in [2.75, 3.05) is 23.4 Å². The molecule has 0 radical (unpaired) electrons. The Labute approximate surface area is 166 Å². The minimum Gasteiger partial charge on any atom is -0.394 e. The number of nitrogens with one attached hydrogen (secondary N) is 1. The monoisotopic (exact) mass is 392 g/mol. The first kappa shape index (κ1) is 17.2. The van der Waals surface area contributed by atoms with Crippen LogP contribution >= 0.6 is 11.3 Å². The van der Waals surface area contributed by atoms with Crippen molar-refractivity contribution in [3.8, 4) is 5.69 Å². The summed E-state index contributed by atoms with van der Waals surface area (Å²) in [5.74, 6) is 2.13. The van der Waals surface area contributed by atoms with E-state index in [0.717, 1.165) is 46.9 Å². The lowest BCUT2D eigenvalue weighted by molar-refractivity contribution is 0.265. The van der Waals surface area contributed by atoms with Crippen LogP contribution in [0, 0.1) is 0 Å². The number of aliphatic hydroxyl groups is 1. The van der Waals surface area contributed by atoms with Crippen molar-refractivity contribution in [2.45, 2.75) is 18.9 Å². The highest BCUT2D eigenvalue weighted by Crippen LogP contribution is 2.32. The molecule has 1 aliphatic heterocycles. The number of benzene rings is 1. The van der Waals surface area contributed by atoms with Gasteiger partial charge in [-0.05, 0) is 36.4 Å². The molecular formula is C20H20N6OS. The summed E-state index contributed by atoms with van der Waals surface area (Å²) in [4.78, 5) is 16.1. The van der Waals surface area contributed by atoms with Gasteiger partial charge in [-0.15, -0.1) is 11.3 Å². The molecule has 1 unspecified atom stereocenters. The number of aliphatic hydroxyl groups excluding tert-OH is 1. The van der Waals surface area contributed by atoms with Gasteiger partial charge in [-0.25, -0.2) is 9.97 Å². The van der Waals surface area contributed by atoms with Gasteiger partial charge in [-0.2, -0.15) is 4.98 Å². The van der Waals surface area contributed by atoms with Gasteiger partial charge in [0.2, 0.25) is 5.95 Å². The Morgan fingerprint density at radius 3 is 2.93 bits per heavy atom. The Morgan fingerprint density at radius 2 is 2.07 bits per heavy atom. The molecule has 142 valence electrons. The SMILES string of the molecule is OCC1CCCN1c1nc(Nc2cn(-c3ccccc3)cn2)c2sccc2n1. The number of imidazole rings is 1. The Morgan fingerprint density at radius 1 is 1.18 bits per heavy atom. The van der Waals surface area contributed by atoms with Gasteiger partial charge < -0.3 is 19.9 Å². The van der Waals surface area contributed by atoms with E-state index in [-0.39, 0.29) is 12.6 Å². The van der Waals surface area contributed by atoms with Crippen LogP contribution in [0.3, 0.4) is 0 Å². The lowest BCUT2D eigenvalue weighted by atomic mass is 10.2. The molecule has 1 atom stereocenters. The molecule has 0 amide bonds. The second kappa shape index (κ2) is 7.21. The largest absolute Gasteiger partial charge is 0.394 e. The Balaban J connectivity index is 1.49. The van der Waals surface area contributed by atoms with E-state index >= 15 is 0 Å². The van der Waals surface area contributed by atoms with Crippen molar-refractivity contribution in [1.29, 1.82) is 0 Å². The fraction of sp³-hybridized carbons (Fsp3) is 0.250. The number of para-hydroxylation sites is 1. The van der Waals surface area contributed by atoms with E-state index in [0.29, 0.717) is 5.95 Å². The summed E-state index contributed by atoms with van der Waals surface area (Å²) >= 11 is 1.60. The number of rotatable bonds is 5. The van der Waals surface area contributed by atoms with E-state index in [2.05, 4.69) is 15.2 Å². The second-order valence-electron chi connectivity index (χ2n) is 6.81. The topological polar surface area (TPSA) is 79.1 Å². The van der Waals surface area contributed by atoms with Crippen LogP contribution in [0.1, 0.15) is 12.8 Å². The first-order valence-corrected chi connectivity index (χ1v) is 10.2. The first-order valence-electron chi connectivity index (χ1n) is 9.31. The standard InChI is InChI=1S/C20H20N6OS/c27-12-15-7-4-9-26(15)20-22-16-8-10-28-18(16)19(24-20)23-17-11-25(13-21-17)14-5-2-1-3-6-14/h1-3,5-6,8,10-11,13,15,27H,4,7,9,12H2,(H,22,23,24). The smallest absolute Gasteiger partial charge is 0.228 e. The minimum absolute atomic E-state index is 0.0845. The Kier molecular flexibility index (Phi) is 4.42. The molecule has 5 rings (SSSR count). The molecule has 1 aromatic carbocycles. The van der Waals surface area contributed by atoms with Gasteiger partial charge >= 0.3 is 0 Å². The van der Waals surface area contributed by atoms with Crippen LogP contribution < -0.4 is 10.2 Å². The molecular weight excluding hydrogens is 372 g/mol. The van der Waals surface area contributed by atoms with Crippen LogP contribution in [0.5, 0.6) is 0 Å². The van der Waals surface area contributed by atoms with Crippen molar-refractivity contribution in [1.82, 2.24) is 19.5 Å². The molecule has 1 aliphatic rings. The molecule has 7 nitrogen and oxygen atoms in total. The lowest BCUT2D eigenvalue weighted by Crippen LogP contribution is -2.33. The first-order chi connectivity index (χ1) is 13.8. The summed E-state index contributed by atoms with van der Waals surface area (Å²) < 4.78 is 2.97. The average molecular weight is 392 g/mol. The number of hydrogen-bond donors (Lipinski definition) is 2. The van der Waals surface area contributed by atoms with Gasteiger partial charge in [-0.3, -0.25) is 0 Å². The van der Waals surface area contributed by atoms with E-state index in [4.69, 9.17) is 9.97 Å². The van der Waals surface area contributed by atoms with Crippen LogP contribution in [-0.4, -0.2) is 43.8 Å². The molecule has 8 heteroatoms. The van der Waals surface area contributed by atoms with Gasteiger partial charge in [-0.1, -0.05) is 18.2 Å². The predicted octanol–water partition coefficient (Wildman–Crippen LogP) is 3.58. The zero-order valence-electron chi connectivity index (χ0n) is 15.2. The highest BCUT2D eigenvalue weighted by Gasteiger charge is 2.27. The van der Waals surface area contributed by atoms with Crippen molar-refractivity contribution < 1.29 is 5.11 Å². The van der Waals surface area contributed by atoms with Gasteiger partial charge in [0.15, 0.2) is 5.82 Å². The fourth-order valence-corrected chi connectivity index (χ4v) is 4.38. The van der Waals surface area contributed by atoms with E-state index in [1.54, 1.807) is 17.7 Å².